The predicted molar refractivity (Wildman–Crippen MR) is 51.0 cm³/mol. The monoisotopic (exact) mass is 182 g/mol. The van der Waals surface area contributed by atoms with Crippen molar-refractivity contribution in [1.82, 2.24) is 5.32 Å². The zero-order valence-corrected chi connectivity index (χ0v) is 8.18. The van der Waals surface area contributed by atoms with Crippen molar-refractivity contribution < 1.29 is 4.79 Å². The van der Waals surface area contributed by atoms with Crippen molar-refractivity contribution in [2.24, 2.45) is 23.0 Å². The molecule has 3 N–H and O–H groups in total. The van der Waals surface area contributed by atoms with E-state index in [2.05, 4.69) is 12.2 Å². The number of nitrogens with one attached hydrogen (secondary N) is 1. The lowest BCUT2D eigenvalue weighted by molar-refractivity contribution is -0.126. The molecular weight excluding hydrogens is 164 g/mol. The molecule has 3 heteroatoms. The molecule has 0 radical (unpaired) electrons. The normalized spacial score (nSPS) is 34.0. The zero-order chi connectivity index (χ0) is 9.47. The van der Waals surface area contributed by atoms with Gasteiger partial charge in [0.2, 0.25) is 5.91 Å². The van der Waals surface area contributed by atoms with Gasteiger partial charge in [-0.2, -0.15) is 0 Å². The summed E-state index contributed by atoms with van der Waals surface area (Å²) < 4.78 is 0. The van der Waals surface area contributed by atoms with Crippen LogP contribution in [0.25, 0.3) is 0 Å². The minimum atomic E-state index is -0.169. The van der Waals surface area contributed by atoms with Gasteiger partial charge in [0.05, 0.1) is 5.41 Å². The van der Waals surface area contributed by atoms with Crippen molar-refractivity contribution in [3.8, 4) is 0 Å². The number of carbonyl (C=O) groups is 1. The third-order valence-electron chi connectivity index (χ3n) is 3.53. The van der Waals surface area contributed by atoms with Gasteiger partial charge in [-0.05, 0) is 31.1 Å². The average Bonchev–Trinajstić information content (AvgIpc) is 2.98. The van der Waals surface area contributed by atoms with Gasteiger partial charge in [-0.15, -0.1) is 0 Å². The summed E-state index contributed by atoms with van der Waals surface area (Å²) in [6.45, 7) is 3.60. The number of amides is 1. The third-order valence-corrected chi connectivity index (χ3v) is 3.53. The Morgan fingerprint density at radius 2 is 2.23 bits per heavy atom. The van der Waals surface area contributed by atoms with Crippen LogP contribution in [0.4, 0.5) is 0 Å². The molecule has 0 aromatic carbocycles. The molecule has 1 amide bonds. The molecular formula is C10H18N2O. The smallest absolute Gasteiger partial charge is 0.227 e. The zero-order valence-electron chi connectivity index (χ0n) is 8.18. The van der Waals surface area contributed by atoms with Gasteiger partial charge in [-0.3, -0.25) is 4.79 Å². The van der Waals surface area contributed by atoms with E-state index < -0.39 is 0 Å². The van der Waals surface area contributed by atoms with Crippen molar-refractivity contribution in [1.29, 1.82) is 0 Å². The van der Waals surface area contributed by atoms with Crippen molar-refractivity contribution in [3.05, 3.63) is 0 Å². The maximum Gasteiger partial charge on any atom is 0.227 e. The summed E-state index contributed by atoms with van der Waals surface area (Å²) in [6, 6.07) is 0. The highest BCUT2D eigenvalue weighted by molar-refractivity contribution is 5.85. The Labute approximate surface area is 79.1 Å². The lowest BCUT2D eigenvalue weighted by Crippen LogP contribution is -2.37. The molecule has 2 aliphatic carbocycles. The summed E-state index contributed by atoms with van der Waals surface area (Å²) in [7, 11) is 0. The number of nitrogens with two attached hydrogens (primary N) is 1. The Hall–Kier alpha value is -0.570. The second-order valence-corrected chi connectivity index (χ2v) is 4.67. The van der Waals surface area contributed by atoms with Crippen molar-refractivity contribution >= 4 is 5.91 Å². The molecule has 13 heavy (non-hydrogen) atoms. The van der Waals surface area contributed by atoms with E-state index in [-0.39, 0.29) is 11.3 Å². The number of hydrogen-bond acceptors (Lipinski definition) is 2. The molecule has 3 nitrogen and oxygen atoms in total. The van der Waals surface area contributed by atoms with Gasteiger partial charge in [-0.25, -0.2) is 0 Å². The Bertz CT molecular complexity index is 223. The Kier molecular flexibility index (Phi) is 2.06. The largest absolute Gasteiger partial charge is 0.355 e. The van der Waals surface area contributed by atoms with Gasteiger partial charge < -0.3 is 11.1 Å². The predicted octanol–water partition coefficient (Wildman–Crippen LogP) is 0.497. The molecule has 0 spiro atoms. The minimum absolute atomic E-state index is 0.169. The van der Waals surface area contributed by atoms with E-state index in [0.717, 1.165) is 31.2 Å². The van der Waals surface area contributed by atoms with Crippen molar-refractivity contribution in [2.45, 2.75) is 26.2 Å². The average molecular weight is 182 g/mol. The molecule has 0 aliphatic heterocycles. The quantitative estimate of drug-likeness (QED) is 0.665. The van der Waals surface area contributed by atoms with Crippen LogP contribution in [0.5, 0.6) is 0 Å². The van der Waals surface area contributed by atoms with Crippen LogP contribution < -0.4 is 11.1 Å². The lowest BCUT2D eigenvalue weighted by atomic mass is 10.1. The van der Waals surface area contributed by atoms with E-state index in [1.807, 2.05) is 0 Å². The first kappa shape index (κ1) is 9.00. The Morgan fingerprint density at radius 1 is 1.62 bits per heavy atom. The van der Waals surface area contributed by atoms with E-state index in [0.29, 0.717) is 6.54 Å². The highest BCUT2D eigenvalue weighted by Crippen LogP contribution is 2.45. The Balaban J connectivity index is 1.72. The van der Waals surface area contributed by atoms with Crippen molar-refractivity contribution in [3.63, 3.8) is 0 Å². The molecule has 74 valence electrons. The number of hydrogen-bond donors (Lipinski definition) is 2. The van der Waals surface area contributed by atoms with E-state index in [1.54, 1.807) is 0 Å². The van der Waals surface area contributed by atoms with Gasteiger partial charge in [0.15, 0.2) is 0 Å². The first-order valence-electron chi connectivity index (χ1n) is 5.16. The molecule has 2 saturated carbocycles. The number of rotatable bonds is 4. The van der Waals surface area contributed by atoms with Crippen molar-refractivity contribution in [2.75, 3.05) is 13.1 Å². The van der Waals surface area contributed by atoms with Crippen LogP contribution in [0.2, 0.25) is 0 Å². The maximum atomic E-state index is 11.6. The lowest BCUT2D eigenvalue weighted by Gasteiger charge is -2.12. The maximum absolute atomic E-state index is 11.6. The second-order valence-electron chi connectivity index (χ2n) is 4.67. The molecule has 2 unspecified atom stereocenters. The molecule has 0 aromatic heterocycles. The highest BCUT2D eigenvalue weighted by Gasteiger charge is 2.48. The topological polar surface area (TPSA) is 55.1 Å². The second kappa shape index (κ2) is 2.98. The van der Waals surface area contributed by atoms with Crippen LogP contribution in [0.1, 0.15) is 26.2 Å². The van der Waals surface area contributed by atoms with Crippen LogP contribution in [-0.2, 0) is 4.79 Å². The SMILES string of the molecule is CC1CC1CNC(=O)C1(CN)CC1. The van der Waals surface area contributed by atoms with Gasteiger partial charge in [-0.1, -0.05) is 6.92 Å². The van der Waals surface area contributed by atoms with Gasteiger partial charge in [0, 0.05) is 13.1 Å². The van der Waals surface area contributed by atoms with Gasteiger partial charge >= 0.3 is 0 Å². The fourth-order valence-corrected chi connectivity index (χ4v) is 1.77. The van der Waals surface area contributed by atoms with Crippen LogP contribution in [0.15, 0.2) is 0 Å². The van der Waals surface area contributed by atoms with E-state index in [4.69, 9.17) is 5.73 Å². The van der Waals surface area contributed by atoms with E-state index >= 15 is 0 Å². The third kappa shape index (κ3) is 1.70. The first-order chi connectivity index (χ1) is 6.18. The minimum Gasteiger partial charge on any atom is -0.355 e. The van der Waals surface area contributed by atoms with Crippen LogP contribution in [-0.4, -0.2) is 19.0 Å². The molecule has 2 rings (SSSR count). The van der Waals surface area contributed by atoms with Gasteiger partial charge in [0.1, 0.15) is 0 Å². The summed E-state index contributed by atoms with van der Waals surface area (Å²) in [5.41, 5.74) is 5.39. The van der Waals surface area contributed by atoms with Crippen LogP contribution in [0.3, 0.4) is 0 Å². The molecule has 0 bridgehead atoms. The van der Waals surface area contributed by atoms with Crippen LogP contribution >= 0.6 is 0 Å². The molecule has 2 atom stereocenters. The summed E-state index contributed by atoms with van der Waals surface area (Å²) >= 11 is 0. The van der Waals surface area contributed by atoms with E-state index in [9.17, 15) is 4.79 Å². The fourth-order valence-electron chi connectivity index (χ4n) is 1.77. The highest BCUT2D eigenvalue weighted by atomic mass is 16.2. The molecule has 2 fully saturated rings. The summed E-state index contributed by atoms with van der Waals surface area (Å²) in [5.74, 6) is 1.74. The molecule has 0 heterocycles. The molecule has 0 saturated heterocycles. The van der Waals surface area contributed by atoms with E-state index in [1.165, 1.54) is 6.42 Å². The number of carbonyl (C=O) groups excluding carboxylic acids is 1. The fraction of sp³-hybridized carbons (Fsp3) is 0.900. The summed E-state index contributed by atoms with van der Waals surface area (Å²) in [6.07, 6.45) is 3.24. The van der Waals surface area contributed by atoms with Crippen LogP contribution in [0, 0.1) is 17.3 Å². The molecule has 2 aliphatic rings. The standard InChI is InChI=1S/C10H18N2O/c1-7-4-8(7)5-12-9(13)10(6-11)2-3-10/h7-8H,2-6,11H2,1H3,(H,12,13). The molecule has 0 aromatic rings. The summed E-state index contributed by atoms with van der Waals surface area (Å²) in [5, 5.41) is 3.01. The Morgan fingerprint density at radius 3 is 2.62 bits per heavy atom. The van der Waals surface area contributed by atoms with Gasteiger partial charge in [0.25, 0.3) is 0 Å². The summed E-state index contributed by atoms with van der Waals surface area (Å²) in [4.78, 5) is 11.6. The first-order valence-corrected chi connectivity index (χ1v) is 5.16.